The highest BCUT2D eigenvalue weighted by atomic mass is 32.2. The first-order valence-corrected chi connectivity index (χ1v) is 7.63. The number of carbonyl (C=O) groups is 2. The second kappa shape index (κ2) is 7.31. The maximum atomic E-state index is 12.7. The monoisotopic (exact) mass is 350 g/mol. The van der Waals surface area contributed by atoms with Crippen molar-refractivity contribution >= 4 is 23.1 Å². The summed E-state index contributed by atoms with van der Waals surface area (Å²) in [5.74, 6) is -2.54. The van der Waals surface area contributed by atoms with Gasteiger partial charge < -0.3 is 0 Å². The summed E-state index contributed by atoms with van der Waals surface area (Å²) in [6.07, 6.45) is -4.36. The van der Waals surface area contributed by atoms with E-state index in [2.05, 4.69) is 5.32 Å². The second-order valence-corrected chi connectivity index (χ2v) is 6.15. The van der Waals surface area contributed by atoms with Crippen molar-refractivity contribution in [1.82, 2.24) is 9.62 Å². The largest absolute Gasteiger partial charge is 0.391 e. The minimum Gasteiger partial charge on any atom is -0.282 e. The predicted molar refractivity (Wildman–Crippen MR) is 77.2 cm³/mol. The summed E-state index contributed by atoms with van der Waals surface area (Å²) in [7, 11) is 0. The first-order valence-electron chi connectivity index (χ1n) is 6.86. The van der Waals surface area contributed by atoms with Gasteiger partial charge in [0.1, 0.15) is 5.82 Å². The number of hydrogen-bond donors (Lipinski definition) is 1. The highest BCUT2D eigenvalue weighted by molar-refractivity contribution is 8.11. The zero-order valence-corrected chi connectivity index (χ0v) is 12.7. The van der Waals surface area contributed by atoms with E-state index in [4.69, 9.17) is 0 Å². The predicted octanol–water partition coefficient (Wildman–Crippen LogP) is 3.60. The number of nitrogens with zero attached hydrogens (tertiary/aromatic N) is 1. The van der Waals surface area contributed by atoms with Gasteiger partial charge in [0, 0.05) is 30.6 Å². The Labute approximate surface area is 134 Å². The van der Waals surface area contributed by atoms with E-state index in [1.54, 1.807) is 0 Å². The summed E-state index contributed by atoms with van der Waals surface area (Å²) in [4.78, 5) is 23.5. The zero-order chi connectivity index (χ0) is 17.0. The van der Waals surface area contributed by atoms with Gasteiger partial charge in [-0.15, -0.1) is 0 Å². The average molecular weight is 350 g/mol. The lowest BCUT2D eigenvalue weighted by Gasteiger charge is -2.31. The molecular weight excluding hydrogens is 336 g/mol. The summed E-state index contributed by atoms with van der Waals surface area (Å²) < 4.78 is 51.9. The number of nitrogens with one attached hydrogen (secondary N) is 1. The highest BCUT2D eigenvalue weighted by Gasteiger charge is 2.41. The van der Waals surface area contributed by atoms with Gasteiger partial charge >= 0.3 is 11.4 Å². The molecule has 9 heteroatoms. The van der Waals surface area contributed by atoms with Crippen molar-refractivity contribution in [2.45, 2.75) is 19.0 Å². The van der Waals surface area contributed by atoms with Crippen LogP contribution in [0.4, 0.5) is 22.4 Å². The first-order chi connectivity index (χ1) is 10.8. The molecule has 4 nitrogen and oxygen atoms in total. The zero-order valence-electron chi connectivity index (χ0n) is 11.9. The highest BCUT2D eigenvalue weighted by Crippen LogP contribution is 2.35. The van der Waals surface area contributed by atoms with Crippen LogP contribution in [0.3, 0.4) is 0 Å². The minimum atomic E-state index is -4.21. The van der Waals surface area contributed by atoms with Crippen LogP contribution in [0.1, 0.15) is 23.2 Å². The van der Waals surface area contributed by atoms with Gasteiger partial charge in [0.25, 0.3) is 5.91 Å². The average Bonchev–Trinajstić information content (AvgIpc) is 2.47. The van der Waals surface area contributed by atoms with Crippen molar-refractivity contribution in [2.75, 3.05) is 13.1 Å². The third-order valence-electron chi connectivity index (χ3n) is 3.45. The number of hydrogen-bond acceptors (Lipinski definition) is 4. The molecule has 2 rings (SSSR count). The lowest BCUT2D eigenvalue weighted by atomic mass is 9.98. The van der Waals surface area contributed by atoms with Crippen LogP contribution in [0.15, 0.2) is 24.3 Å². The number of imide groups is 1. The van der Waals surface area contributed by atoms with E-state index >= 15 is 0 Å². The molecule has 1 aliphatic rings. The Morgan fingerprint density at radius 1 is 1.13 bits per heavy atom. The van der Waals surface area contributed by atoms with Crippen molar-refractivity contribution in [3.8, 4) is 0 Å². The van der Waals surface area contributed by atoms with Gasteiger partial charge in [-0.05, 0) is 37.1 Å². The van der Waals surface area contributed by atoms with Crippen LogP contribution in [-0.4, -0.2) is 34.7 Å². The fourth-order valence-electron chi connectivity index (χ4n) is 2.18. The second-order valence-electron chi connectivity index (χ2n) is 5.08. The molecule has 1 aromatic rings. The SMILES string of the molecule is O=C(NC(=O)c1ccc(F)cc1)SN1CCC(C(F)(F)F)CC1. The van der Waals surface area contributed by atoms with Crippen LogP contribution in [-0.2, 0) is 0 Å². The molecule has 0 unspecified atom stereocenters. The lowest BCUT2D eigenvalue weighted by Crippen LogP contribution is -2.38. The Kier molecular flexibility index (Phi) is 5.64. The van der Waals surface area contributed by atoms with E-state index in [1.807, 2.05) is 0 Å². The third kappa shape index (κ3) is 5.21. The maximum Gasteiger partial charge on any atom is 0.391 e. The Morgan fingerprint density at radius 3 is 2.22 bits per heavy atom. The van der Waals surface area contributed by atoms with Gasteiger partial charge in [0.15, 0.2) is 0 Å². The van der Waals surface area contributed by atoms with Crippen LogP contribution in [0.25, 0.3) is 0 Å². The number of amides is 2. The van der Waals surface area contributed by atoms with Gasteiger partial charge in [0.2, 0.25) is 0 Å². The number of benzene rings is 1. The topological polar surface area (TPSA) is 49.4 Å². The molecule has 0 radical (unpaired) electrons. The quantitative estimate of drug-likeness (QED) is 0.654. The standard InChI is InChI=1S/C14H14F4N2O2S/c15-11-3-1-9(2-4-11)12(21)19-13(22)23-20-7-5-10(6-8-20)14(16,17)18/h1-4,10H,5-8H2,(H,19,21,22). The van der Waals surface area contributed by atoms with Crippen molar-refractivity contribution in [3.05, 3.63) is 35.6 Å². The van der Waals surface area contributed by atoms with Gasteiger partial charge in [-0.3, -0.25) is 14.9 Å². The molecule has 1 aliphatic heterocycles. The van der Waals surface area contributed by atoms with E-state index in [0.29, 0.717) is 11.9 Å². The Bertz CT molecular complexity index is 569. The molecule has 1 N–H and O–H groups in total. The normalized spacial score (nSPS) is 17.0. The Balaban J connectivity index is 1.79. The fourth-order valence-corrected chi connectivity index (χ4v) is 2.95. The van der Waals surface area contributed by atoms with Gasteiger partial charge in [-0.1, -0.05) is 0 Å². The van der Waals surface area contributed by atoms with Crippen molar-refractivity contribution in [1.29, 1.82) is 0 Å². The summed E-state index contributed by atoms with van der Waals surface area (Å²) in [5.41, 5.74) is 0.121. The molecule has 126 valence electrons. The van der Waals surface area contributed by atoms with E-state index in [0.717, 1.165) is 12.1 Å². The van der Waals surface area contributed by atoms with E-state index < -0.39 is 29.1 Å². The minimum absolute atomic E-state index is 0.0737. The van der Waals surface area contributed by atoms with Crippen LogP contribution >= 0.6 is 11.9 Å². The number of alkyl halides is 3. The molecule has 1 heterocycles. The molecule has 0 saturated carbocycles. The molecule has 1 aromatic carbocycles. The fraction of sp³-hybridized carbons (Fsp3) is 0.429. The molecule has 0 bridgehead atoms. The Morgan fingerprint density at radius 2 is 1.70 bits per heavy atom. The Hall–Kier alpha value is -1.61. The number of carbonyl (C=O) groups excluding carboxylic acids is 2. The van der Waals surface area contributed by atoms with Crippen LogP contribution in [0.2, 0.25) is 0 Å². The number of halogens is 4. The first kappa shape index (κ1) is 17.7. The molecule has 23 heavy (non-hydrogen) atoms. The molecule has 1 saturated heterocycles. The molecule has 0 atom stereocenters. The third-order valence-corrected chi connectivity index (χ3v) is 4.34. The van der Waals surface area contributed by atoms with Crippen molar-refractivity contribution in [2.24, 2.45) is 5.92 Å². The van der Waals surface area contributed by atoms with Gasteiger partial charge in [0.05, 0.1) is 5.92 Å². The van der Waals surface area contributed by atoms with Crippen LogP contribution in [0.5, 0.6) is 0 Å². The number of rotatable bonds is 2. The van der Waals surface area contributed by atoms with Gasteiger partial charge in [-0.25, -0.2) is 8.70 Å². The molecule has 0 spiro atoms. The van der Waals surface area contributed by atoms with E-state index in [1.165, 1.54) is 16.4 Å². The number of piperidine rings is 1. The summed E-state index contributed by atoms with van der Waals surface area (Å²) in [6.45, 7) is 0.236. The summed E-state index contributed by atoms with van der Waals surface area (Å²) >= 11 is 0.680. The van der Waals surface area contributed by atoms with E-state index in [9.17, 15) is 27.2 Å². The summed E-state index contributed by atoms with van der Waals surface area (Å²) in [5, 5.41) is 1.43. The lowest BCUT2D eigenvalue weighted by molar-refractivity contribution is -0.182. The molecule has 0 aliphatic carbocycles. The van der Waals surface area contributed by atoms with Crippen LogP contribution in [0, 0.1) is 11.7 Å². The summed E-state index contributed by atoms with van der Waals surface area (Å²) in [6, 6.07) is 4.65. The van der Waals surface area contributed by atoms with Crippen LogP contribution < -0.4 is 5.32 Å². The van der Waals surface area contributed by atoms with E-state index in [-0.39, 0.29) is 31.5 Å². The molecule has 1 fully saturated rings. The van der Waals surface area contributed by atoms with Crippen molar-refractivity contribution in [3.63, 3.8) is 0 Å². The van der Waals surface area contributed by atoms with Crippen molar-refractivity contribution < 1.29 is 27.2 Å². The smallest absolute Gasteiger partial charge is 0.282 e. The van der Waals surface area contributed by atoms with Gasteiger partial charge in [-0.2, -0.15) is 13.2 Å². The molecule has 0 aromatic heterocycles. The molecule has 2 amide bonds. The maximum absolute atomic E-state index is 12.7. The molecular formula is C14H14F4N2O2S.